The maximum Gasteiger partial charge on any atom is 0.292 e. The molecular formula is C5H12N2OS. The Labute approximate surface area is 61.0 Å². The molecule has 0 aromatic rings. The summed E-state index contributed by atoms with van der Waals surface area (Å²) < 4.78 is 0. The van der Waals surface area contributed by atoms with Crippen molar-refractivity contribution in [3.63, 3.8) is 0 Å². The first-order chi connectivity index (χ1) is 4.09. The van der Waals surface area contributed by atoms with Crippen molar-refractivity contribution in [2.45, 2.75) is 6.92 Å². The first-order valence-corrected chi connectivity index (χ1v) is 3.22. The van der Waals surface area contributed by atoms with E-state index in [-0.39, 0.29) is 5.24 Å². The molecule has 0 saturated carbocycles. The van der Waals surface area contributed by atoms with E-state index in [2.05, 4.69) is 12.6 Å². The predicted octanol–water partition coefficient (Wildman–Crippen LogP) is 0.835. The fraction of sp³-hybridized carbons (Fsp3) is 0.800. The van der Waals surface area contributed by atoms with Gasteiger partial charge in [-0.05, 0) is 6.92 Å². The van der Waals surface area contributed by atoms with Gasteiger partial charge in [-0.1, -0.05) is 12.6 Å². The van der Waals surface area contributed by atoms with Gasteiger partial charge in [0.1, 0.15) is 0 Å². The molecular weight excluding hydrogens is 136 g/mol. The molecule has 0 bridgehead atoms. The molecule has 0 rings (SSSR count). The van der Waals surface area contributed by atoms with E-state index >= 15 is 0 Å². The molecule has 0 N–H and O–H groups in total. The summed E-state index contributed by atoms with van der Waals surface area (Å²) >= 11 is 3.66. The van der Waals surface area contributed by atoms with Crippen molar-refractivity contribution in [1.82, 2.24) is 10.0 Å². The highest BCUT2D eigenvalue weighted by Gasteiger charge is 2.07. The van der Waals surface area contributed by atoms with Crippen molar-refractivity contribution in [2.24, 2.45) is 0 Å². The van der Waals surface area contributed by atoms with E-state index in [1.807, 2.05) is 6.92 Å². The standard InChI is InChI=1S/C5H12N2OS/c1-4-7(5(8)9)6(2)3/h4H2,1-3H3,(H,8,9). The lowest BCUT2D eigenvalue weighted by atomic mass is 10.7. The summed E-state index contributed by atoms with van der Waals surface area (Å²) in [4.78, 5) is 10.6. The van der Waals surface area contributed by atoms with E-state index in [1.54, 1.807) is 19.1 Å². The Balaban J connectivity index is 3.83. The zero-order valence-electron chi connectivity index (χ0n) is 5.96. The molecule has 0 heterocycles. The van der Waals surface area contributed by atoms with Crippen molar-refractivity contribution in [3.8, 4) is 0 Å². The van der Waals surface area contributed by atoms with E-state index in [0.29, 0.717) is 6.54 Å². The maximum absolute atomic E-state index is 10.6. The topological polar surface area (TPSA) is 23.6 Å². The van der Waals surface area contributed by atoms with Crippen molar-refractivity contribution >= 4 is 17.9 Å². The highest BCUT2D eigenvalue weighted by Crippen LogP contribution is 1.95. The van der Waals surface area contributed by atoms with Crippen LogP contribution in [0.25, 0.3) is 0 Å². The van der Waals surface area contributed by atoms with Gasteiger partial charge in [-0.3, -0.25) is 9.80 Å². The lowest BCUT2D eigenvalue weighted by molar-refractivity contribution is 0.0850. The van der Waals surface area contributed by atoms with E-state index in [9.17, 15) is 4.79 Å². The molecule has 3 nitrogen and oxygen atoms in total. The molecule has 9 heavy (non-hydrogen) atoms. The number of hydrazine groups is 1. The van der Waals surface area contributed by atoms with Crippen molar-refractivity contribution < 1.29 is 4.79 Å². The average Bonchev–Trinajstić information content (AvgIpc) is 1.64. The Morgan fingerprint density at radius 2 is 2.00 bits per heavy atom. The fourth-order valence-corrected chi connectivity index (χ4v) is 0.910. The van der Waals surface area contributed by atoms with Gasteiger partial charge in [0.25, 0.3) is 5.24 Å². The normalized spacial score (nSPS) is 9.89. The molecule has 0 fully saturated rings. The van der Waals surface area contributed by atoms with Gasteiger partial charge in [0, 0.05) is 20.6 Å². The van der Waals surface area contributed by atoms with Gasteiger partial charge in [0.05, 0.1) is 0 Å². The zero-order valence-corrected chi connectivity index (χ0v) is 6.85. The number of amides is 1. The Morgan fingerprint density at radius 1 is 1.56 bits per heavy atom. The SMILES string of the molecule is CCN(C(=O)S)N(C)C. The number of rotatable bonds is 2. The fourth-order valence-electron chi connectivity index (χ4n) is 0.589. The Bertz CT molecular complexity index is 105. The number of carbonyl (C=O) groups is 1. The third kappa shape index (κ3) is 2.72. The second-order valence-corrected chi connectivity index (χ2v) is 2.23. The molecule has 0 aromatic carbocycles. The number of thiol groups is 1. The van der Waals surface area contributed by atoms with E-state index in [0.717, 1.165) is 0 Å². The second kappa shape index (κ2) is 3.74. The van der Waals surface area contributed by atoms with Crippen LogP contribution >= 0.6 is 12.6 Å². The summed E-state index contributed by atoms with van der Waals surface area (Å²) in [5.74, 6) is 0. The van der Waals surface area contributed by atoms with Crippen LogP contribution in [0.3, 0.4) is 0 Å². The molecule has 0 radical (unpaired) electrons. The third-order valence-electron chi connectivity index (χ3n) is 1.00. The highest BCUT2D eigenvalue weighted by atomic mass is 32.1. The minimum Gasteiger partial charge on any atom is -0.267 e. The molecule has 0 atom stereocenters. The van der Waals surface area contributed by atoms with E-state index in [4.69, 9.17) is 0 Å². The van der Waals surface area contributed by atoms with Crippen molar-refractivity contribution in [3.05, 3.63) is 0 Å². The molecule has 0 aromatic heterocycles. The lowest BCUT2D eigenvalue weighted by Gasteiger charge is -2.24. The molecule has 0 unspecified atom stereocenters. The average molecular weight is 148 g/mol. The van der Waals surface area contributed by atoms with Gasteiger partial charge in [0.2, 0.25) is 0 Å². The molecule has 0 aliphatic rings. The van der Waals surface area contributed by atoms with Crippen LogP contribution in [0.5, 0.6) is 0 Å². The molecule has 4 heteroatoms. The maximum atomic E-state index is 10.6. The highest BCUT2D eigenvalue weighted by molar-refractivity contribution is 7.96. The first kappa shape index (κ1) is 8.78. The molecule has 0 saturated heterocycles. The van der Waals surface area contributed by atoms with Crippen LogP contribution in [0.1, 0.15) is 6.92 Å². The van der Waals surface area contributed by atoms with Gasteiger partial charge in [-0.2, -0.15) is 0 Å². The van der Waals surface area contributed by atoms with Crippen molar-refractivity contribution in [2.75, 3.05) is 20.6 Å². The van der Waals surface area contributed by atoms with Gasteiger partial charge in [-0.15, -0.1) is 0 Å². The van der Waals surface area contributed by atoms with Gasteiger partial charge >= 0.3 is 0 Å². The summed E-state index contributed by atoms with van der Waals surface area (Å²) in [7, 11) is 3.61. The number of carbonyl (C=O) groups excluding carboxylic acids is 1. The summed E-state index contributed by atoms with van der Waals surface area (Å²) in [5.41, 5.74) is 0. The largest absolute Gasteiger partial charge is 0.292 e. The summed E-state index contributed by atoms with van der Waals surface area (Å²) in [6.45, 7) is 2.56. The van der Waals surface area contributed by atoms with Gasteiger partial charge in [0.15, 0.2) is 0 Å². The molecule has 54 valence electrons. The summed E-state index contributed by atoms with van der Waals surface area (Å²) in [5, 5.41) is 3.00. The van der Waals surface area contributed by atoms with Crippen LogP contribution in [0.2, 0.25) is 0 Å². The molecule has 0 spiro atoms. The zero-order chi connectivity index (χ0) is 7.44. The number of hydrogen-bond acceptors (Lipinski definition) is 2. The van der Waals surface area contributed by atoms with Gasteiger partial charge < -0.3 is 0 Å². The van der Waals surface area contributed by atoms with Crippen LogP contribution in [-0.2, 0) is 0 Å². The minimum atomic E-state index is -0.220. The van der Waals surface area contributed by atoms with Crippen LogP contribution in [0.15, 0.2) is 0 Å². The van der Waals surface area contributed by atoms with Crippen LogP contribution < -0.4 is 0 Å². The molecule has 0 aliphatic carbocycles. The van der Waals surface area contributed by atoms with Crippen LogP contribution in [-0.4, -0.2) is 35.9 Å². The Hall–Kier alpha value is -0.220. The van der Waals surface area contributed by atoms with Crippen LogP contribution in [0.4, 0.5) is 4.79 Å². The minimum absolute atomic E-state index is 0.220. The second-order valence-electron chi connectivity index (χ2n) is 1.85. The number of hydrogen-bond donors (Lipinski definition) is 1. The molecule has 0 aliphatic heterocycles. The monoisotopic (exact) mass is 148 g/mol. The quantitative estimate of drug-likeness (QED) is 0.463. The summed E-state index contributed by atoms with van der Waals surface area (Å²) in [6.07, 6.45) is 0. The third-order valence-corrected chi connectivity index (χ3v) is 1.23. The smallest absolute Gasteiger partial charge is 0.267 e. The van der Waals surface area contributed by atoms with E-state index in [1.165, 1.54) is 5.01 Å². The predicted molar refractivity (Wildman–Crippen MR) is 40.4 cm³/mol. The van der Waals surface area contributed by atoms with Crippen molar-refractivity contribution in [1.29, 1.82) is 0 Å². The Kier molecular flexibility index (Phi) is 3.65. The van der Waals surface area contributed by atoms with E-state index < -0.39 is 0 Å². The van der Waals surface area contributed by atoms with Crippen LogP contribution in [0, 0.1) is 0 Å². The van der Waals surface area contributed by atoms with Gasteiger partial charge in [-0.25, -0.2) is 5.01 Å². The molecule has 1 amide bonds. The lowest BCUT2D eigenvalue weighted by Crippen LogP contribution is -2.38. The number of nitrogens with zero attached hydrogens (tertiary/aromatic N) is 2. The summed E-state index contributed by atoms with van der Waals surface area (Å²) in [6, 6.07) is 0. The Morgan fingerprint density at radius 3 is 2.00 bits per heavy atom. The first-order valence-electron chi connectivity index (χ1n) is 2.77.